The third-order valence-corrected chi connectivity index (χ3v) is 4.73. The van der Waals surface area contributed by atoms with Crippen LogP contribution in [0.4, 0.5) is 0 Å². The van der Waals surface area contributed by atoms with Crippen LogP contribution in [0.2, 0.25) is 0 Å². The van der Waals surface area contributed by atoms with Crippen LogP contribution in [0.5, 0.6) is 0 Å². The van der Waals surface area contributed by atoms with Crippen LogP contribution in [-0.2, 0) is 6.54 Å². The molecule has 0 N–H and O–H groups in total. The van der Waals surface area contributed by atoms with E-state index in [0.29, 0.717) is 16.0 Å². The van der Waals surface area contributed by atoms with Gasteiger partial charge in [-0.1, -0.05) is 53.8 Å². The maximum atomic E-state index is 12.4. The number of thiazole rings is 1. The quantitative estimate of drug-likeness (QED) is 0.423. The first-order valence-electron chi connectivity index (χ1n) is 7.25. The number of hydrogen-bond donors (Lipinski definition) is 0. The number of benzene rings is 2. The molecule has 0 unspecified atom stereocenters. The maximum Gasteiger partial charge on any atom is 0.333 e. The second-order valence-electron chi connectivity index (χ2n) is 5.24. The third kappa shape index (κ3) is 2.26. The fraction of sp³-hybridized carbons (Fsp3) is 0.0588. The molecule has 0 saturated heterocycles. The molecule has 0 bridgehead atoms. The molecule has 0 aliphatic carbocycles. The largest absolute Gasteiger partial charge is 0.333 e. The zero-order chi connectivity index (χ0) is 16.7. The predicted molar refractivity (Wildman–Crippen MR) is 91.9 cm³/mol. The molecule has 2 heterocycles. The van der Waals surface area contributed by atoms with Crippen molar-refractivity contribution in [3.05, 3.63) is 80.9 Å². The Bertz CT molecular complexity index is 1190. The van der Waals surface area contributed by atoms with E-state index < -0.39 is 11.1 Å². The van der Waals surface area contributed by atoms with Gasteiger partial charge in [-0.3, -0.25) is 14.4 Å². The zero-order valence-electron chi connectivity index (χ0n) is 12.4. The summed E-state index contributed by atoms with van der Waals surface area (Å²) in [4.78, 5) is 37.4. The normalized spacial score (nSPS) is 11.2. The Morgan fingerprint density at radius 1 is 0.958 bits per heavy atom. The molecule has 0 aliphatic heterocycles. The van der Waals surface area contributed by atoms with Crippen LogP contribution >= 0.6 is 11.3 Å². The van der Waals surface area contributed by atoms with Crippen molar-refractivity contribution in [3.63, 3.8) is 0 Å². The van der Waals surface area contributed by atoms with Gasteiger partial charge in [-0.25, -0.2) is 9.08 Å². The highest BCUT2D eigenvalue weighted by molar-refractivity contribution is 7.23. The lowest BCUT2D eigenvalue weighted by atomic mass is 10.1. The smallest absolute Gasteiger partial charge is 0.292 e. The Balaban J connectivity index is 1.87. The Hall–Kier alpha value is -3.06. The molecule has 2 aromatic heterocycles. The van der Waals surface area contributed by atoms with Gasteiger partial charge in [-0.15, -0.1) is 5.10 Å². The summed E-state index contributed by atoms with van der Waals surface area (Å²) in [6.45, 7) is -0.261. The van der Waals surface area contributed by atoms with E-state index in [-0.39, 0.29) is 12.3 Å². The lowest BCUT2D eigenvalue weighted by Gasteiger charge is -2.04. The van der Waals surface area contributed by atoms with E-state index in [4.69, 9.17) is 0 Å². The van der Waals surface area contributed by atoms with Gasteiger partial charge >= 0.3 is 11.1 Å². The van der Waals surface area contributed by atoms with Crippen molar-refractivity contribution in [2.45, 2.75) is 6.54 Å². The number of carbonyl (C=O) groups is 1. The molecule has 4 rings (SSSR count). The Morgan fingerprint density at radius 2 is 1.67 bits per heavy atom. The minimum Gasteiger partial charge on any atom is -0.292 e. The van der Waals surface area contributed by atoms with Gasteiger partial charge < -0.3 is 0 Å². The average molecular weight is 337 g/mol. The fourth-order valence-corrected chi connectivity index (χ4v) is 3.57. The van der Waals surface area contributed by atoms with Crippen molar-refractivity contribution in [2.75, 3.05) is 0 Å². The molecule has 0 spiro atoms. The predicted octanol–water partition coefficient (Wildman–Crippen LogP) is 1.95. The summed E-state index contributed by atoms with van der Waals surface area (Å²) >= 11 is 1.30. The standard InChI is InChI=1S/C17H11N3O3S/c21-13(11-6-2-1-3-7-11)10-19-15(22)16(23)20-12-8-4-5-9-14(12)24-17(20)18-19/h1-9H,10H2. The molecule has 0 radical (unpaired) electrons. The van der Waals surface area contributed by atoms with Gasteiger partial charge in [0.1, 0.15) is 6.54 Å². The first-order valence-corrected chi connectivity index (χ1v) is 8.06. The Kier molecular flexibility index (Phi) is 3.35. The lowest BCUT2D eigenvalue weighted by molar-refractivity contribution is 0.0965. The molecule has 24 heavy (non-hydrogen) atoms. The van der Waals surface area contributed by atoms with Gasteiger partial charge in [0.2, 0.25) is 4.96 Å². The highest BCUT2D eigenvalue weighted by Gasteiger charge is 2.15. The molecule has 0 atom stereocenters. The number of ketones is 1. The van der Waals surface area contributed by atoms with E-state index in [2.05, 4.69) is 5.10 Å². The number of rotatable bonds is 3. The number of aromatic nitrogens is 3. The average Bonchev–Trinajstić information content (AvgIpc) is 2.98. The Labute approximate surface area is 139 Å². The van der Waals surface area contributed by atoms with Crippen molar-refractivity contribution < 1.29 is 4.79 Å². The van der Waals surface area contributed by atoms with E-state index >= 15 is 0 Å². The van der Waals surface area contributed by atoms with Gasteiger partial charge in [-0.2, -0.15) is 0 Å². The van der Waals surface area contributed by atoms with Crippen molar-refractivity contribution in [1.82, 2.24) is 14.2 Å². The van der Waals surface area contributed by atoms with E-state index in [1.807, 2.05) is 12.1 Å². The minimum atomic E-state index is -0.805. The number of Topliss-reactive ketones (excluding diaryl/α,β-unsaturated/α-hetero) is 1. The molecule has 0 amide bonds. The number of carbonyl (C=O) groups excluding carboxylic acids is 1. The van der Waals surface area contributed by atoms with Gasteiger partial charge in [0.25, 0.3) is 0 Å². The summed E-state index contributed by atoms with van der Waals surface area (Å²) in [5.41, 5.74) is -0.380. The second kappa shape index (κ2) is 5.54. The highest BCUT2D eigenvalue weighted by Crippen LogP contribution is 2.22. The van der Waals surface area contributed by atoms with Gasteiger partial charge in [0.05, 0.1) is 10.2 Å². The molecule has 0 fully saturated rings. The van der Waals surface area contributed by atoms with Gasteiger partial charge in [-0.05, 0) is 12.1 Å². The second-order valence-corrected chi connectivity index (χ2v) is 6.25. The van der Waals surface area contributed by atoms with E-state index in [9.17, 15) is 14.4 Å². The van der Waals surface area contributed by atoms with Crippen LogP contribution in [0.1, 0.15) is 10.4 Å². The topological polar surface area (TPSA) is 73.4 Å². The summed E-state index contributed by atoms with van der Waals surface area (Å²) in [6.07, 6.45) is 0. The summed E-state index contributed by atoms with van der Waals surface area (Å²) in [5.74, 6) is -0.268. The monoisotopic (exact) mass is 337 g/mol. The summed E-state index contributed by atoms with van der Waals surface area (Å²) in [7, 11) is 0. The van der Waals surface area contributed by atoms with Crippen molar-refractivity contribution in [2.24, 2.45) is 0 Å². The molecule has 7 heteroatoms. The molecular weight excluding hydrogens is 326 g/mol. The van der Waals surface area contributed by atoms with Crippen LogP contribution in [0.15, 0.2) is 64.2 Å². The first kappa shape index (κ1) is 14.5. The molecule has 0 aliphatic rings. The van der Waals surface area contributed by atoms with E-state index in [0.717, 1.165) is 9.38 Å². The minimum absolute atomic E-state index is 0.261. The number of nitrogens with zero attached hydrogens (tertiary/aromatic N) is 3. The summed E-state index contributed by atoms with van der Waals surface area (Å²) < 4.78 is 3.10. The summed E-state index contributed by atoms with van der Waals surface area (Å²) in [6, 6.07) is 15.9. The SMILES string of the molecule is O=C(Cn1nc2sc3ccccc3n2c(=O)c1=O)c1ccccc1. The number of para-hydroxylation sites is 1. The molecule has 2 aromatic carbocycles. The summed E-state index contributed by atoms with van der Waals surface area (Å²) in [5, 5.41) is 4.20. The van der Waals surface area contributed by atoms with Crippen molar-refractivity contribution in [3.8, 4) is 0 Å². The Morgan fingerprint density at radius 3 is 2.46 bits per heavy atom. The van der Waals surface area contributed by atoms with Crippen LogP contribution in [0.25, 0.3) is 15.2 Å². The molecule has 0 saturated carbocycles. The van der Waals surface area contributed by atoms with Crippen LogP contribution in [0, 0.1) is 0 Å². The first-order chi connectivity index (χ1) is 11.6. The lowest BCUT2D eigenvalue weighted by Crippen LogP contribution is -2.41. The van der Waals surface area contributed by atoms with E-state index in [1.165, 1.54) is 15.7 Å². The molecule has 4 aromatic rings. The number of fused-ring (bicyclic) bond motifs is 3. The molecular formula is C17H11N3O3S. The van der Waals surface area contributed by atoms with Gasteiger partial charge in [0.15, 0.2) is 5.78 Å². The molecule has 6 nitrogen and oxygen atoms in total. The van der Waals surface area contributed by atoms with Crippen molar-refractivity contribution in [1.29, 1.82) is 0 Å². The third-order valence-electron chi connectivity index (χ3n) is 3.71. The zero-order valence-corrected chi connectivity index (χ0v) is 13.2. The van der Waals surface area contributed by atoms with Crippen LogP contribution in [-0.4, -0.2) is 20.0 Å². The van der Waals surface area contributed by atoms with Crippen molar-refractivity contribution >= 4 is 32.3 Å². The highest BCUT2D eigenvalue weighted by atomic mass is 32.1. The van der Waals surface area contributed by atoms with Crippen LogP contribution < -0.4 is 11.1 Å². The van der Waals surface area contributed by atoms with E-state index in [1.54, 1.807) is 42.5 Å². The molecule has 118 valence electrons. The fourth-order valence-electron chi connectivity index (χ4n) is 2.55. The van der Waals surface area contributed by atoms with Gasteiger partial charge in [0, 0.05) is 5.56 Å². The number of hydrogen-bond acceptors (Lipinski definition) is 5. The maximum absolute atomic E-state index is 12.4. The van der Waals surface area contributed by atoms with Crippen LogP contribution in [0.3, 0.4) is 0 Å².